The number of carbonyl (C=O) groups excluding carboxylic acids is 3. The van der Waals surface area contributed by atoms with Gasteiger partial charge in [-0.15, -0.1) is 33.3 Å². The van der Waals surface area contributed by atoms with E-state index in [0.717, 1.165) is 16.0 Å². The molecule has 2 aliphatic heterocycles. The van der Waals surface area contributed by atoms with E-state index in [-0.39, 0.29) is 36.3 Å². The Bertz CT molecular complexity index is 1540. The molecule has 0 saturated carbocycles. The summed E-state index contributed by atoms with van der Waals surface area (Å²) >= 11 is 2.89. The van der Waals surface area contributed by atoms with Gasteiger partial charge in [0.05, 0.1) is 6.42 Å². The maximum absolute atomic E-state index is 13.5. The van der Waals surface area contributed by atoms with Gasteiger partial charge in [-0.05, 0) is 33.2 Å². The van der Waals surface area contributed by atoms with E-state index < -0.39 is 18.1 Å². The van der Waals surface area contributed by atoms with Gasteiger partial charge < -0.3 is 15.0 Å². The monoisotopic (exact) mass is 586 g/mol. The molecule has 1 fully saturated rings. The van der Waals surface area contributed by atoms with E-state index in [4.69, 9.17) is 9.84 Å². The number of nitrogens with zero attached hydrogens (tertiary/aromatic N) is 5. The highest BCUT2D eigenvalue weighted by atomic mass is 32.2. The zero-order chi connectivity index (χ0) is 28.3. The van der Waals surface area contributed by atoms with E-state index in [0.29, 0.717) is 11.4 Å². The van der Waals surface area contributed by atoms with Gasteiger partial charge in [0, 0.05) is 17.4 Å². The van der Waals surface area contributed by atoms with Crippen LogP contribution in [0.15, 0.2) is 89.2 Å². The van der Waals surface area contributed by atoms with Crippen LogP contribution in [0.25, 0.3) is 0 Å². The molecule has 0 bridgehead atoms. The van der Waals surface area contributed by atoms with Gasteiger partial charge in [-0.2, -0.15) is 4.80 Å². The predicted octanol–water partition coefficient (Wildman–Crippen LogP) is 3.50. The lowest BCUT2D eigenvalue weighted by Crippen LogP contribution is -2.71. The average Bonchev–Trinajstić information content (AvgIpc) is 3.68. The van der Waals surface area contributed by atoms with Gasteiger partial charge in [0.15, 0.2) is 0 Å². The Morgan fingerprint density at radius 2 is 1.73 bits per heavy atom. The second-order valence-corrected chi connectivity index (χ2v) is 11.7. The normalized spacial score (nSPS) is 19.8. The molecule has 4 aromatic rings. The minimum Gasteiger partial charge on any atom is -0.461 e. The highest BCUT2D eigenvalue weighted by molar-refractivity contribution is 8.02. The Labute approximate surface area is 244 Å². The summed E-state index contributed by atoms with van der Waals surface area (Å²) in [7, 11) is 0. The van der Waals surface area contributed by atoms with E-state index in [9.17, 15) is 14.4 Å². The molecule has 6 rings (SSSR count). The summed E-state index contributed by atoms with van der Waals surface area (Å²) in [5, 5.41) is 19.9. The molecular weight excluding hydrogens is 560 g/mol. The largest absolute Gasteiger partial charge is 0.461 e. The first kappa shape index (κ1) is 26.9. The van der Waals surface area contributed by atoms with Gasteiger partial charge in [0.2, 0.25) is 17.6 Å². The number of ether oxygens (including phenoxy) is 1. The van der Waals surface area contributed by atoms with Gasteiger partial charge >= 0.3 is 5.97 Å². The Morgan fingerprint density at radius 3 is 2.37 bits per heavy atom. The van der Waals surface area contributed by atoms with Crippen LogP contribution in [0.2, 0.25) is 0 Å². The molecule has 0 aliphatic carbocycles. The fourth-order valence-electron chi connectivity index (χ4n) is 5.01. The summed E-state index contributed by atoms with van der Waals surface area (Å²) in [6, 6.07) is 21.8. The molecule has 4 heterocycles. The van der Waals surface area contributed by atoms with Gasteiger partial charge in [-0.1, -0.05) is 66.7 Å². The number of nitrogens with one attached hydrogen (secondary N) is 1. The minimum atomic E-state index is -0.695. The quantitative estimate of drug-likeness (QED) is 0.234. The van der Waals surface area contributed by atoms with Crippen LogP contribution in [0.4, 0.5) is 0 Å². The highest BCUT2D eigenvalue weighted by Gasteiger charge is 2.55. The molecular formula is C29H26N6O4S2. The Balaban J connectivity index is 1.29. The number of hydrogen-bond donors (Lipinski definition) is 1. The number of benzene rings is 2. The number of fused-ring (bicyclic) bond motifs is 1. The molecule has 0 unspecified atom stereocenters. The van der Waals surface area contributed by atoms with Crippen molar-refractivity contribution in [3.05, 3.63) is 111 Å². The Hall–Kier alpha value is -4.29. The molecule has 12 heteroatoms. The summed E-state index contributed by atoms with van der Waals surface area (Å²) in [6.07, 6.45) is 0.214. The Kier molecular flexibility index (Phi) is 7.66. The molecule has 2 aromatic carbocycles. The SMILES string of the molecule is CC(=O)OCC1=CS[C@@H]2[C@H](NC(=O)Cc3cccs3)C(=O)N2[C@H]1c1nnn(C(c2ccccc2)c2ccccc2)n1. The first-order valence-corrected chi connectivity index (χ1v) is 14.8. The standard InChI is InChI=1S/C29H26N6O4S2/c1-18(36)39-16-21-17-41-29-24(30-23(37)15-22-13-8-14-40-22)28(38)34(29)26(21)27-31-33-35(32-27)25(19-9-4-2-5-10-19)20-11-6-3-7-12-20/h2-14,17,24-26,29H,15-16H2,1H3,(H,30,37)/t24-,26-,29-/m1/s1. The summed E-state index contributed by atoms with van der Waals surface area (Å²) in [5.74, 6) is -0.591. The molecule has 2 aromatic heterocycles. The van der Waals surface area contributed by atoms with Crippen molar-refractivity contribution >= 4 is 40.9 Å². The van der Waals surface area contributed by atoms with E-state index in [2.05, 4.69) is 15.6 Å². The van der Waals surface area contributed by atoms with Crippen molar-refractivity contribution < 1.29 is 19.1 Å². The summed E-state index contributed by atoms with van der Waals surface area (Å²) < 4.78 is 5.31. The molecule has 3 atom stereocenters. The molecule has 2 aliphatic rings. The molecule has 0 radical (unpaired) electrons. The molecule has 2 amide bonds. The van der Waals surface area contributed by atoms with Crippen molar-refractivity contribution in [2.24, 2.45) is 0 Å². The van der Waals surface area contributed by atoms with Crippen LogP contribution in [0.1, 0.15) is 40.8 Å². The van der Waals surface area contributed by atoms with Gasteiger partial charge in [-0.25, -0.2) is 0 Å². The molecule has 1 saturated heterocycles. The third kappa shape index (κ3) is 5.52. The number of rotatable bonds is 9. The first-order chi connectivity index (χ1) is 20.0. The van der Waals surface area contributed by atoms with Crippen LogP contribution >= 0.6 is 23.1 Å². The molecule has 41 heavy (non-hydrogen) atoms. The van der Waals surface area contributed by atoms with Gasteiger partial charge in [0.25, 0.3) is 0 Å². The van der Waals surface area contributed by atoms with Gasteiger partial charge in [0.1, 0.15) is 30.1 Å². The fraction of sp³-hybridized carbons (Fsp3) is 0.241. The number of thioether (sulfide) groups is 1. The lowest BCUT2D eigenvalue weighted by Gasteiger charge is -2.51. The molecule has 208 valence electrons. The second kappa shape index (κ2) is 11.7. The number of thiophene rings is 1. The number of aromatic nitrogens is 4. The zero-order valence-electron chi connectivity index (χ0n) is 22.0. The molecule has 0 spiro atoms. The third-order valence-electron chi connectivity index (χ3n) is 6.89. The minimum absolute atomic E-state index is 0.0196. The van der Waals surface area contributed by atoms with Crippen molar-refractivity contribution in [1.29, 1.82) is 0 Å². The average molecular weight is 587 g/mol. The maximum Gasteiger partial charge on any atom is 0.302 e. The van der Waals surface area contributed by atoms with E-state index >= 15 is 0 Å². The zero-order valence-corrected chi connectivity index (χ0v) is 23.6. The van der Waals surface area contributed by atoms with Crippen molar-refractivity contribution in [3.8, 4) is 0 Å². The highest BCUT2D eigenvalue weighted by Crippen LogP contribution is 2.46. The number of esters is 1. The number of carbonyl (C=O) groups is 3. The van der Waals surface area contributed by atoms with E-state index in [1.54, 1.807) is 9.70 Å². The van der Waals surface area contributed by atoms with Crippen LogP contribution in [0.3, 0.4) is 0 Å². The number of hydrogen-bond acceptors (Lipinski definition) is 9. The third-order valence-corrected chi connectivity index (χ3v) is 8.98. The summed E-state index contributed by atoms with van der Waals surface area (Å²) in [4.78, 5) is 41.9. The smallest absolute Gasteiger partial charge is 0.302 e. The summed E-state index contributed by atoms with van der Waals surface area (Å²) in [5.41, 5.74) is 2.61. The van der Waals surface area contributed by atoms with Gasteiger partial charge in [-0.3, -0.25) is 14.4 Å². The lowest BCUT2D eigenvalue weighted by molar-refractivity contribution is -0.152. The topological polar surface area (TPSA) is 119 Å². The molecule has 10 nitrogen and oxygen atoms in total. The van der Waals surface area contributed by atoms with Crippen molar-refractivity contribution in [3.63, 3.8) is 0 Å². The van der Waals surface area contributed by atoms with Crippen LogP contribution in [0.5, 0.6) is 0 Å². The van der Waals surface area contributed by atoms with E-state index in [1.807, 2.05) is 83.6 Å². The number of tetrazole rings is 1. The predicted molar refractivity (Wildman–Crippen MR) is 154 cm³/mol. The van der Waals surface area contributed by atoms with Crippen LogP contribution in [-0.4, -0.2) is 60.9 Å². The van der Waals surface area contributed by atoms with Crippen LogP contribution < -0.4 is 5.32 Å². The van der Waals surface area contributed by atoms with Crippen LogP contribution in [0, 0.1) is 0 Å². The number of amides is 2. The number of β-lactam (4-membered cyclic amide) rings is 1. The maximum atomic E-state index is 13.5. The second-order valence-electron chi connectivity index (χ2n) is 9.64. The van der Waals surface area contributed by atoms with Crippen molar-refractivity contribution in [2.45, 2.75) is 36.8 Å². The van der Waals surface area contributed by atoms with E-state index in [1.165, 1.54) is 30.0 Å². The van der Waals surface area contributed by atoms with Crippen molar-refractivity contribution in [1.82, 2.24) is 30.4 Å². The van der Waals surface area contributed by atoms with Crippen LogP contribution in [-0.2, 0) is 25.5 Å². The molecule has 1 N–H and O–H groups in total. The lowest BCUT2D eigenvalue weighted by atomic mass is 9.97. The first-order valence-electron chi connectivity index (χ1n) is 13.0. The fourth-order valence-corrected chi connectivity index (χ4v) is 6.92. The Morgan fingerprint density at radius 1 is 1.02 bits per heavy atom. The summed E-state index contributed by atoms with van der Waals surface area (Å²) in [6.45, 7) is 1.31. The van der Waals surface area contributed by atoms with Crippen molar-refractivity contribution in [2.75, 3.05) is 6.61 Å².